The highest BCUT2D eigenvalue weighted by Gasteiger charge is 2.22. The Labute approximate surface area is 169 Å². The van der Waals surface area contributed by atoms with E-state index in [2.05, 4.69) is 4.90 Å². The molecule has 0 N–H and O–H groups in total. The summed E-state index contributed by atoms with van der Waals surface area (Å²) in [5.74, 6) is 0.254. The monoisotopic (exact) mass is 402 g/mol. The van der Waals surface area contributed by atoms with Crippen molar-refractivity contribution in [3.63, 3.8) is 0 Å². The van der Waals surface area contributed by atoms with Crippen molar-refractivity contribution in [2.45, 2.75) is 6.54 Å². The van der Waals surface area contributed by atoms with Crippen molar-refractivity contribution in [1.82, 2.24) is 9.80 Å². The molecule has 7 heteroatoms. The van der Waals surface area contributed by atoms with Gasteiger partial charge in [-0.3, -0.25) is 9.69 Å². The molecular formula is C21H23ClN2O4. The molecule has 148 valence electrons. The van der Waals surface area contributed by atoms with Gasteiger partial charge in [-0.1, -0.05) is 29.8 Å². The van der Waals surface area contributed by atoms with Crippen LogP contribution in [0.1, 0.15) is 15.9 Å². The summed E-state index contributed by atoms with van der Waals surface area (Å²) in [5.41, 5.74) is 1.51. The molecule has 1 fully saturated rings. The summed E-state index contributed by atoms with van der Waals surface area (Å²) in [6.45, 7) is 3.39. The highest BCUT2D eigenvalue weighted by molar-refractivity contribution is 6.30. The Morgan fingerprint density at radius 3 is 2.36 bits per heavy atom. The molecule has 0 bridgehead atoms. The Morgan fingerprint density at radius 2 is 1.68 bits per heavy atom. The molecule has 1 amide bonds. The second kappa shape index (κ2) is 9.57. The van der Waals surface area contributed by atoms with E-state index >= 15 is 0 Å². The highest BCUT2D eigenvalue weighted by atomic mass is 35.5. The lowest BCUT2D eigenvalue weighted by atomic mass is 10.1. The van der Waals surface area contributed by atoms with Crippen molar-refractivity contribution < 1.29 is 19.1 Å². The number of carbonyl (C=O) groups is 2. The van der Waals surface area contributed by atoms with Crippen LogP contribution in [0.25, 0.3) is 0 Å². The molecule has 1 heterocycles. The first-order valence-corrected chi connectivity index (χ1v) is 9.49. The van der Waals surface area contributed by atoms with Crippen molar-refractivity contribution in [3.8, 4) is 5.75 Å². The minimum absolute atomic E-state index is 0.00675. The predicted molar refractivity (Wildman–Crippen MR) is 107 cm³/mol. The topological polar surface area (TPSA) is 59.1 Å². The van der Waals surface area contributed by atoms with Crippen molar-refractivity contribution in [1.29, 1.82) is 0 Å². The number of halogens is 1. The van der Waals surface area contributed by atoms with Gasteiger partial charge in [-0.05, 0) is 35.9 Å². The zero-order valence-corrected chi connectivity index (χ0v) is 16.5. The van der Waals surface area contributed by atoms with Crippen molar-refractivity contribution in [2.75, 3.05) is 39.9 Å². The first kappa shape index (κ1) is 20.2. The number of hydrogen-bond acceptors (Lipinski definition) is 5. The molecule has 3 rings (SSSR count). The van der Waals surface area contributed by atoms with Gasteiger partial charge >= 0.3 is 5.97 Å². The lowest BCUT2D eigenvalue weighted by Crippen LogP contribution is -2.49. The first-order valence-electron chi connectivity index (χ1n) is 9.11. The zero-order valence-electron chi connectivity index (χ0n) is 15.8. The zero-order chi connectivity index (χ0) is 19.9. The molecule has 0 unspecified atom stereocenters. The Kier molecular flexibility index (Phi) is 6.90. The van der Waals surface area contributed by atoms with Crippen LogP contribution in [0.3, 0.4) is 0 Å². The quantitative estimate of drug-likeness (QED) is 0.695. The molecule has 1 aliphatic rings. The smallest absolute Gasteiger partial charge is 0.338 e. The van der Waals surface area contributed by atoms with Gasteiger partial charge in [0.1, 0.15) is 5.75 Å². The fraction of sp³-hybridized carbons (Fsp3) is 0.333. The summed E-state index contributed by atoms with van der Waals surface area (Å²) >= 11 is 5.84. The number of rotatable bonds is 6. The van der Waals surface area contributed by atoms with E-state index in [0.29, 0.717) is 36.0 Å². The number of methoxy groups -OCH3 is 1. The predicted octanol–water partition coefficient (Wildman–Crippen LogP) is 2.85. The normalized spacial score (nSPS) is 14.6. The lowest BCUT2D eigenvalue weighted by molar-refractivity contribution is -0.135. The summed E-state index contributed by atoms with van der Waals surface area (Å²) < 4.78 is 10.4. The maximum absolute atomic E-state index is 12.4. The molecule has 0 aliphatic carbocycles. The van der Waals surface area contributed by atoms with Crippen LogP contribution < -0.4 is 4.74 Å². The van der Waals surface area contributed by atoms with E-state index in [1.807, 2.05) is 18.2 Å². The number of esters is 1. The van der Waals surface area contributed by atoms with Crippen LogP contribution in [-0.2, 0) is 16.1 Å². The Morgan fingerprint density at radius 1 is 1.00 bits per heavy atom. The molecule has 0 atom stereocenters. The second-order valence-corrected chi connectivity index (χ2v) is 6.98. The third-order valence-corrected chi connectivity index (χ3v) is 4.97. The molecule has 0 spiro atoms. The van der Waals surface area contributed by atoms with E-state index in [-0.39, 0.29) is 18.5 Å². The van der Waals surface area contributed by atoms with Crippen LogP contribution >= 0.6 is 11.6 Å². The Balaban J connectivity index is 1.48. The minimum Gasteiger partial charge on any atom is -0.484 e. The second-order valence-electron chi connectivity index (χ2n) is 6.55. The van der Waals surface area contributed by atoms with Crippen LogP contribution in [0.2, 0.25) is 5.02 Å². The number of benzene rings is 2. The average Bonchev–Trinajstić information content (AvgIpc) is 2.73. The Bertz CT molecular complexity index is 817. The number of nitrogens with zero attached hydrogens (tertiary/aromatic N) is 2. The molecule has 0 radical (unpaired) electrons. The standard InChI is InChI=1S/C21H23ClN2O4/c1-27-21(26)19-5-3-2-4-16(19)14-23-10-12-24(13-11-23)20(25)15-28-18-8-6-17(22)7-9-18/h2-9H,10-15H2,1H3. The van der Waals surface area contributed by atoms with Gasteiger partial charge < -0.3 is 14.4 Å². The third-order valence-electron chi connectivity index (χ3n) is 4.72. The van der Waals surface area contributed by atoms with Gasteiger partial charge in [-0.15, -0.1) is 0 Å². The molecule has 2 aromatic carbocycles. The number of carbonyl (C=O) groups excluding carboxylic acids is 2. The average molecular weight is 403 g/mol. The molecule has 1 saturated heterocycles. The van der Waals surface area contributed by atoms with Gasteiger partial charge in [-0.25, -0.2) is 4.79 Å². The maximum atomic E-state index is 12.4. The SMILES string of the molecule is COC(=O)c1ccccc1CN1CCN(C(=O)COc2ccc(Cl)cc2)CC1. The molecule has 6 nitrogen and oxygen atoms in total. The summed E-state index contributed by atoms with van der Waals surface area (Å²) in [6.07, 6.45) is 0. The summed E-state index contributed by atoms with van der Waals surface area (Å²) in [4.78, 5) is 28.3. The van der Waals surface area contributed by atoms with E-state index < -0.39 is 0 Å². The molecule has 28 heavy (non-hydrogen) atoms. The molecule has 2 aromatic rings. The van der Waals surface area contributed by atoms with Gasteiger partial charge in [0.2, 0.25) is 0 Å². The van der Waals surface area contributed by atoms with Gasteiger partial charge in [0.25, 0.3) is 5.91 Å². The van der Waals surface area contributed by atoms with Crippen LogP contribution in [0.15, 0.2) is 48.5 Å². The van der Waals surface area contributed by atoms with E-state index in [1.165, 1.54) is 7.11 Å². The fourth-order valence-electron chi connectivity index (χ4n) is 3.13. The van der Waals surface area contributed by atoms with E-state index in [4.69, 9.17) is 21.1 Å². The highest BCUT2D eigenvalue weighted by Crippen LogP contribution is 2.17. The van der Waals surface area contributed by atoms with E-state index in [9.17, 15) is 9.59 Å². The first-order chi connectivity index (χ1) is 13.6. The van der Waals surface area contributed by atoms with Crippen LogP contribution in [0.4, 0.5) is 0 Å². The van der Waals surface area contributed by atoms with E-state index in [0.717, 1.165) is 18.7 Å². The van der Waals surface area contributed by atoms with Crippen LogP contribution in [0, 0.1) is 0 Å². The number of ether oxygens (including phenoxy) is 2. The van der Waals surface area contributed by atoms with Gasteiger partial charge in [0, 0.05) is 37.7 Å². The van der Waals surface area contributed by atoms with Crippen molar-refractivity contribution in [2.24, 2.45) is 0 Å². The third kappa shape index (κ3) is 5.24. The molecular weight excluding hydrogens is 380 g/mol. The fourth-order valence-corrected chi connectivity index (χ4v) is 3.26. The van der Waals surface area contributed by atoms with Crippen LogP contribution in [0.5, 0.6) is 5.75 Å². The van der Waals surface area contributed by atoms with Gasteiger partial charge in [0.15, 0.2) is 6.61 Å². The maximum Gasteiger partial charge on any atom is 0.338 e. The number of hydrogen-bond donors (Lipinski definition) is 0. The van der Waals surface area contributed by atoms with Crippen LogP contribution in [-0.4, -0.2) is 61.6 Å². The van der Waals surface area contributed by atoms with Gasteiger partial charge in [-0.2, -0.15) is 0 Å². The molecule has 1 aliphatic heterocycles. The van der Waals surface area contributed by atoms with Crippen molar-refractivity contribution in [3.05, 3.63) is 64.7 Å². The molecule has 0 aromatic heterocycles. The lowest BCUT2D eigenvalue weighted by Gasteiger charge is -2.34. The number of piperazine rings is 1. The van der Waals surface area contributed by atoms with Gasteiger partial charge in [0.05, 0.1) is 12.7 Å². The summed E-state index contributed by atoms with van der Waals surface area (Å²) in [6, 6.07) is 14.4. The summed E-state index contributed by atoms with van der Waals surface area (Å²) in [7, 11) is 1.38. The minimum atomic E-state index is -0.330. The summed E-state index contributed by atoms with van der Waals surface area (Å²) in [5, 5.41) is 0.628. The van der Waals surface area contributed by atoms with E-state index in [1.54, 1.807) is 35.2 Å². The van der Waals surface area contributed by atoms with Crippen molar-refractivity contribution >= 4 is 23.5 Å². The number of amides is 1. The Hall–Kier alpha value is -2.57. The largest absolute Gasteiger partial charge is 0.484 e. The molecule has 0 saturated carbocycles.